The summed E-state index contributed by atoms with van der Waals surface area (Å²) in [6.45, 7) is 1.83. The van der Waals surface area contributed by atoms with Crippen molar-refractivity contribution in [3.8, 4) is 5.75 Å². The fourth-order valence-corrected chi connectivity index (χ4v) is 6.23. The molecule has 0 aliphatic carbocycles. The summed E-state index contributed by atoms with van der Waals surface area (Å²) >= 11 is 5.90. The molecule has 2 saturated heterocycles. The first-order valence-electron chi connectivity index (χ1n) is 11.7. The van der Waals surface area contributed by atoms with Crippen LogP contribution in [-0.2, 0) is 21.4 Å². The van der Waals surface area contributed by atoms with Crippen molar-refractivity contribution in [2.45, 2.75) is 42.7 Å². The van der Waals surface area contributed by atoms with Gasteiger partial charge < -0.3 is 9.64 Å². The fourth-order valence-electron chi connectivity index (χ4n) is 4.88. The number of nitrogens with zero attached hydrogens (tertiary/aromatic N) is 3. The maximum atomic E-state index is 13.2. The van der Waals surface area contributed by atoms with Gasteiger partial charge in [0.2, 0.25) is 15.9 Å². The van der Waals surface area contributed by atoms with E-state index in [4.69, 9.17) is 11.6 Å². The molecule has 2 aliphatic heterocycles. The third-order valence-corrected chi connectivity index (χ3v) is 8.75. The average Bonchev–Trinajstić information content (AvgIpc) is 3.09. The van der Waals surface area contributed by atoms with E-state index < -0.39 is 27.2 Å². The molecule has 7 nitrogen and oxygen atoms in total. The lowest BCUT2D eigenvalue weighted by Gasteiger charge is -2.40. The minimum atomic E-state index is -5.05. The third-order valence-electron chi connectivity index (χ3n) is 6.59. The number of halogens is 5. The van der Waals surface area contributed by atoms with Crippen LogP contribution < -0.4 is 4.74 Å². The first-order chi connectivity index (χ1) is 17.7. The number of amides is 1. The van der Waals surface area contributed by atoms with Crippen LogP contribution in [0.15, 0.2) is 47.4 Å². The van der Waals surface area contributed by atoms with Gasteiger partial charge in [-0.3, -0.25) is 9.69 Å². The molecule has 13 heteroatoms. The zero-order valence-electron chi connectivity index (χ0n) is 20.6. The van der Waals surface area contributed by atoms with Gasteiger partial charge >= 0.3 is 6.36 Å². The zero-order chi connectivity index (χ0) is 27.8. The molecule has 0 saturated carbocycles. The number of sulfonamides is 1. The number of carbonyl (C=O) groups is 1. The number of likely N-dealkylation sites (tertiary alicyclic amines) is 1. The highest BCUT2D eigenvalue weighted by Gasteiger charge is 2.41. The number of alkyl halides is 3. The van der Waals surface area contributed by atoms with Gasteiger partial charge in [0.05, 0.1) is 9.92 Å². The number of benzene rings is 2. The minimum Gasteiger partial charge on any atom is -0.404 e. The average molecular weight is 576 g/mol. The first-order valence-corrected chi connectivity index (χ1v) is 13.6. The number of rotatable bonds is 7. The Morgan fingerprint density at radius 2 is 1.74 bits per heavy atom. The predicted octanol–water partition coefficient (Wildman–Crippen LogP) is 4.52. The highest BCUT2D eigenvalue weighted by atomic mass is 35.5. The van der Waals surface area contributed by atoms with E-state index in [1.54, 1.807) is 17.0 Å². The van der Waals surface area contributed by atoms with E-state index >= 15 is 0 Å². The molecule has 0 radical (unpaired) electrons. The molecule has 2 fully saturated rings. The molecule has 2 bridgehead atoms. The molecule has 0 N–H and O–H groups in total. The molecular formula is C25H26ClF4N3O4S. The Morgan fingerprint density at radius 3 is 2.29 bits per heavy atom. The Bertz CT molecular complexity index is 1320. The topological polar surface area (TPSA) is 70.2 Å². The molecule has 1 amide bonds. The Kier molecular flexibility index (Phi) is 8.08. The molecule has 0 spiro atoms. The monoisotopic (exact) mass is 575 g/mol. The number of carbonyl (C=O) groups excluding carboxylic acids is 1. The lowest BCUT2D eigenvalue weighted by atomic mass is 10.1. The number of hydrogen-bond donors (Lipinski definition) is 0. The third kappa shape index (κ3) is 6.31. The minimum absolute atomic E-state index is 0.0781. The maximum absolute atomic E-state index is 13.2. The van der Waals surface area contributed by atoms with Crippen LogP contribution in [0, 0.1) is 5.82 Å². The van der Waals surface area contributed by atoms with E-state index in [1.165, 1.54) is 32.3 Å². The molecular weight excluding hydrogens is 550 g/mol. The van der Waals surface area contributed by atoms with Crippen LogP contribution >= 0.6 is 11.6 Å². The maximum Gasteiger partial charge on any atom is 0.573 e. The lowest BCUT2D eigenvalue weighted by molar-refractivity contribution is -0.274. The molecule has 38 heavy (non-hydrogen) atoms. The van der Waals surface area contributed by atoms with Gasteiger partial charge in [0, 0.05) is 51.9 Å². The van der Waals surface area contributed by atoms with Crippen molar-refractivity contribution in [2.24, 2.45) is 0 Å². The molecule has 4 rings (SSSR count). The van der Waals surface area contributed by atoms with Gasteiger partial charge in [-0.15, -0.1) is 13.2 Å². The summed E-state index contributed by atoms with van der Waals surface area (Å²) in [6.07, 6.45) is -1.14. The van der Waals surface area contributed by atoms with Crippen molar-refractivity contribution in [3.05, 3.63) is 64.4 Å². The van der Waals surface area contributed by atoms with E-state index in [0.717, 1.165) is 40.9 Å². The zero-order valence-corrected chi connectivity index (χ0v) is 22.2. The van der Waals surface area contributed by atoms with Gasteiger partial charge in [0.1, 0.15) is 11.6 Å². The second kappa shape index (κ2) is 10.8. The predicted molar refractivity (Wildman–Crippen MR) is 133 cm³/mol. The summed E-state index contributed by atoms with van der Waals surface area (Å²) < 4.78 is 82.2. The SMILES string of the molecule is CN(C)S(=O)(=O)c1cc(Cl)c(OC(F)(F)F)cc1C=CC(=O)N1C2CCC1CN(Cc1ccc(F)cc1)C2. The van der Waals surface area contributed by atoms with Crippen molar-refractivity contribution < 1.29 is 35.5 Å². The van der Waals surface area contributed by atoms with Crippen molar-refractivity contribution in [2.75, 3.05) is 27.2 Å². The van der Waals surface area contributed by atoms with E-state index in [2.05, 4.69) is 9.64 Å². The van der Waals surface area contributed by atoms with Crippen LogP contribution in [-0.4, -0.2) is 74.1 Å². The summed E-state index contributed by atoms with van der Waals surface area (Å²) in [6, 6.07) is 7.82. The van der Waals surface area contributed by atoms with Gasteiger partial charge in [-0.1, -0.05) is 23.7 Å². The molecule has 0 aromatic heterocycles. The van der Waals surface area contributed by atoms with Crippen LogP contribution in [0.4, 0.5) is 17.6 Å². The number of piperazine rings is 1. The van der Waals surface area contributed by atoms with Gasteiger partial charge in [-0.2, -0.15) is 0 Å². The summed E-state index contributed by atoms with van der Waals surface area (Å²) in [5, 5.41) is -0.540. The standard InChI is InChI=1S/C25H26ClF4N3O4S/c1-31(2)38(35,36)23-12-21(26)22(37-25(28,29)30)11-17(23)5-10-24(34)33-19-8-9-20(33)15-32(14-19)13-16-3-6-18(27)7-4-16/h3-7,10-12,19-20H,8-9,13-15H2,1-2H3. The van der Waals surface area contributed by atoms with Gasteiger partial charge in [-0.05, 0) is 54.3 Å². The Hall–Kier alpha value is -2.67. The second-order valence-electron chi connectivity index (χ2n) is 9.44. The Balaban J connectivity index is 1.55. The lowest BCUT2D eigenvalue weighted by Crippen LogP contribution is -2.55. The highest BCUT2D eigenvalue weighted by Crippen LogP contribution is 2.36. The van der Waals surface area contributed by atoms with Crippen molar-refractivity contribution in [3.63, 3.8) is 0 Å². The molecule has 206 valence electrons. The number of ether oxygens (including phenoxy) is 1. The van der Waals surface area contributed by atoms with Crippen molar-refractivity contribution >= 4 is 33.6 Å². The summed E-state index contributed by atoms with van der Waals surface area (Å²) in [7, 11) is -1.57. The van der Waals surface area contributed by atoms with E-state index in [0.29, 0.717) is 19.6 Å². The highest BCUT2D eigenvalue weighted by molar-refractivity contribution is 7.89. The second-order valence-corrected chi connectivity index (χ2v) is 12.0. The van der Waals surface area contributed by atoms with Gasteiger partial charge in [0.25, 0.3) is 0 Å². The summed E-state index contributed by atoms with van der Waals surface area (Å²) in [4.78, 5) is 16.8. The van der Waals surface area contributed by atoms with E-state index in [1.807, 2.05) is 0 Å². The van der Waals surface area contributed by atoms with Crippen molar-refractivity contribution in [1.29, 1.82) is 0 Å². The van der Waals surface area contributed by atoms with Crippen LogP contribution in [0.3, 0.4) is 0 Å². The first kappa shape index (κ1) is 28.3. The van der Waals surface area contributed by atoms with Crippen LogP contribution in [0.5, 0.6) is 5.75 Å². The summed E-state index contributed by atoms with van der Waals surface area (Å²) in [5.74, 6) is -1.46. The van der Waals surface area contributed by atoms with Crippen LogP contribution in [0.1, 0.15) is 24.0 Å². The molecule has 2 heterocycles. The molecule has 2 aliphatic rings. The quantitative estimate of drug-likeness (QED) is 0.359. The smallest absolute Gasteiger partial charge is 0.404 e. The van der Waals surface area contributed by atoms with Crippen molar-refractivity contribution in [1.82, 2.24) is 14.1 Å². The molecule has 2 aromatic rings. The molecule has 2 aromatic carbocycles. The summed E-state index contributed by atoms with van der Waals surface area (Å²) in [5.41, 5.74) is 0.790. The van der Waals surface area contributed by atoms with Crippen LogP contribution in [0.2, 0.25) is 5.02 Å². The Morgan fingerprint density at radius 1 is 1.13 bits per heavy atom. The van der Waals surface area contributed by atoms with E-state index in [-0.39, 0.29) is 34.3 Å². The van der Waals surface area contributed by atoms with Gasteiger partial charge in [-0.25, -0.2) is 17.1 Å². The van der Waals surface area contributed by atoms with E-state index in [9.17, 15) is 30.8 Å². The Labute approximate surface area is 223 Å². The largest absolute Gasteiger partial charge is 0.573 e. The number of hydrogen-bond acceptors (Lipinski definition) is 5. The normalized spacial score (nSPS) is 20.5. The van der Waals surface area contributed by atoms with Crippen LogP contribution in [0.25, 0.3) is 6.08 Å². The molecule has 2 atom stereocenters. The fraction of sp³-hybridized carbons (Fsp3) is 0.400. The number of fused-ring (bicyclic) bond motifs is 2. The van der Waals surface area contributed by atoms with Gasteiger partial charge in [0.15, 0.2) is 0 Å². The molecule has 2 unspecified atom stereocenters.